The minimum atomic E-state index is -0.0925. The lowest BCUT2D eigenvalue weighted by Gasteiger charge is -2.63. The maximum absolute atomic E-state index is 11.9. The van der Waals surface area contributed by atoms with Crippen LogP contribution in [-0.2, 0) is 9.53 Å². The molecule has 0 N–H and O–H groups in total. The number of carbonyl (C=O) groups is 1. The van der Waals surface area contributed by atoms with Crippen molar-refractivity contribution in [2.45, 2.75) is 139 Å². The van der Waals surface area contributed by atoms with E-state index in [0.29, 0.717) is 21.7 Å². The van der Waals surface area contributed by atoms with E-state index in [1.165, 1.54) is 69.8 Å². The number of allylic oxidation sites excluding steroid dienone is 2. The summed E-state index contributed by atoms with van der Waals surface area (Å²) in [5.41, 5.74) is 5.35. The summed E-state index contributed by atoms with van der Waals surface area (Å²) in [4.78, 5) is 11.9. The highest BCUT2D eigenvalue weighted by molar-refractivity contribution is 5.66. The number of ether oxygens (including phenoxy) is 1. The van der Waals surface area contributed by atoms with Crippen LogP contribution in [-0.4, -0.2) is 12.1 Å². The van der Waals surface area contributed by atoms with Crippen LogP contribution in [0.5, 0.6) is 0 Å². The summed E-state index contributed by atoms with van der Waals surface area (Å²) in [6, 6.07) is 0. The first-order valence-electron chi connectivity index (χ1n) is 15.1. The van der Waals surface area contributed by atoms with Crippen molar-refractivity contribution in [3.05, 3.63) is 11.1 Å². The summed E-state index contributed by atoms with van der Waals surface area (Å²) in [7, 11) is 0. The fraction of sp³-hybridized carbons (Fsp3) is 0.909. The Morgan fingerprint density at radius 3 is 2.14 bits per heavy atom. The van der Waals surface area contributed by atoms with Gasteiger partial charge >= 0.3 is 5.97 Å². The SMILES string of the molecule is CC(=O)O[C@H]1CC[C@]23C[C@]24CC[C@]2(C)[C@@H]([C@H](C)CCC(C)=C(C)C)CC[C@@]2(C)[C@@H]4CC[C@H]3C1(C)C. The van der Waals surface area contributed by atoms with E-state index in [4.69, 9.17) is 4.74 Å². The third kappa shape index (κ3) is 3.35. The molecule has 2 nitrogen and oxygen atoms in total. The summed E-state index contributed by atoms with van der Waals surface area (Å²) < 4.78 is 5.91. The van der Waals surface area contributed by atoms with Crippen molar-refractivity contribution >= 4 is 5.97 Å². The molecule has 0 heterocycles. The zero-order chi connectivity index (χ0) is 25.6. The number of esters is 1. The molecule has 0 bridgehead atoms. The van der Waals surface area contributed by atoms with E-state index < -0.39 is 0 Å². The zero-order valence-corrected chi connectivity index (χ0v) is 24.5. The van der Waals surface area contributed by atoms with Gasteiger partial charge in [-0.1, -0.05) is 45.8 Å². The molecular weight excluding hydrogens is 428 g/mol. The summed E-state index contributed by atoms with van der Waals surface area (Å²) in [6.07, 6.45) is 15.2. The predicted molar refractivity (Wildman–Crippen MR) is 145 cm³/mol. The molecule has 9 atom stereocenters. The molecule has 0 aromatic carbocycles. The first kappa shape index (κ1) is 25.8. The van der Waals surface area contributed by atoms with Gasteiger partial charge in [0.1, 0.15) is 6.10 Å². The average molecular weight is 483 g/mol. The molecule has 0 radical (unpaired) electrons. The van der Waals surface area contributed by atoms with Gasteiger partial charge in [-0.2, -0.15) is 0 Å². The number of fused-ring (bicyclic) bond motifs is 2. The highest BCUT2D eigenvalue weighted by Gasteiger charge is 2.82. The molecule has 35 heavy (non-hydrogen) atoms. The molecule has 5 fully saturated rings. The quantitative estimate of drug-likeness (QED) is 0.288. The van der Waals surface area contributed by atoms with Gasteiger partial charge < -0.3 is 4.74 Å². The van der Waals surface area contributed by atoms with Crippen molar-refractivity contribution in [2.24, 2.45) is 50.7 Å². The first-order valence-corrected chi connectivity index (χ1v) is 15.1. The Kier molecular flexibility index (Phi) is 5.98. The minimum Gasteiger partial charge on any atom is -0.462 e. The second kappa shape index (κ2) is 8.10. The van der Waals surface area contributed by atoms with Crippen molar-refractivity contribution < 1.29 is 9.53 Å². The normalized spacial score (nSPS) is 48.0. The Balaban J connectivity index is 1.38. The lowest BCUT2D eigenvalue weighted by molar-refractivity contribution is -0.181. The van der Waals surface area contributed by atoms with E-state index in [1.807, 2.05) is 0 Å². The molecule has 0 aliphatic heterocycles. The van der Waals surface area contributed by atoms with Crippen LogP contribution in [0.3, 0.4) is 0 Å². The van der Waals surface area contributed by atoms with Crippen LogP contribution in [0.15, 0.2) is 11.1 Å². The topological polar surface area (TPSA) is 26.3 Å². The van der Waals surface area contributed by atoms with Crippen molar-refractivity contribution in [3.63, 3.8) is 0 Å². The van der Waals surface area contributed by atoms with Crippen molar-refractivity contribution in [1.82, 2.24) is 0 Å². The molecule has 0 aromatic heterocycles. The van der Waals surface area contributed by atoms with Gasteiger partial charge in [0.05, 0.1) is 0 Å². The highest BCUT2D eigenvalue weighted by Crippen LogP contribution is 2.89. The first-order chi connectivity index (χ1) is 16.3. The molecule has 0 saturated heterocycles. The van der Waals surface area contributed by atoms with Crippen LogP contribution in [0, 0.1) is 50.7 Å². The lowest BCUT2D eigenvalue weighted by atomic mass is 9.41. The maximum Gasteiger partial charge on any atom is 0.302 e. The Morgan fingerprint density at radius 1 is 0.829 bits per heavy atom. The van der Waals surface area contributed by atoms with Crippen molar-refractivity contribution in [2.75, 3.05) is 0 Å². The van der Waals surface area contributed by atoms with Crippen molar-refractivity contribution in [1.29, 1.82) is 0 Å². The van der Waals surface area contributed by atoms with Gasteiger partial charge in [0.2, 0.25) is 0 Å². The number of carbonyl (C=O) groups excluding carboxylic acids is 1. The second-order valence-electron chi connectivity index (χ2n) is 15.4. The standard InChI is InChI=1S/C33H54O2/c1-21(2)22(3)10-11-23(4)25-14-16-31(9)27-13-12-26-29(6,7)28(35-24(5)34)15-17-32(26)20-33(27,32)19-18-30(25,31)8/h23,25-28H,10-20H2,1-9H3/t23-,25-,26+,27+,28+,30-,31+,32-,33+/m1/s1. The van der Waals surface area contributed by atoms with Gasteiger partial charge in [0.15, 0.2) is 0 Å². The summed E-state index contributed by atoms with van der Waals surface area (Å²) in [5, 5.41) is 0. The second-order valence-corrected chi connectivity index (χ2v) is 15.4. The number of hydrogen-bond acceptors (Lipinski definition) is 2. The van der Waals surface area contributed by atoms with E-state index in [-0.39, 0.29) is 17.5 Å². The summed E-state index contributed by atoms with van der Waals surface area (Å²) in [5.74, 6) is 3.25. The van der Waals surface area contributed by atoms with Crippen LogP contribution in [0.2, 0.25) is 0 Å². The zero-order valence-electron chi connectivity index (χ0n) is 24.5. The van der Waals surface area contributed by atoms with Crippen LogP contribution in [0.25, 0.3) is 0 Å². The third-order valence-electron chi connectivity index (χ3n) is 13.9. The molecule has 5 aliphatic rings. The van der Waals surface area contributed by atoms with E-state index in [0.717, 1.165) is 30.1 Å². The Labute approximate surface area is 216 Å². The summed E-state index contributed by atoms with van der Waals surface area (Å²) >= 11 is 0. The Hall–Kier alpha value is -0.790. The van der Waals surface area contributed by atoms with Gasteiger partial charge in [-0.25, -0.2) is 0 Å². The molecule has 2 spiro atoms. The van der Waals surface area contributed by atoms with E-state index in [1.54, 1.807) is 12.5 Å². The number of rotatable bonds is 5. The molecular formula is C33H54O2. The molecule has 5 aliphatic carbocycles. The molecule has 198 valence electrons. The fourth-order valence-corrected chi connectivity index (χ4v) is 11.6. The predicted octanol–water partition coefficient (Wildman–Crippen LogP) is 9.13. The maximum atomic E-state index is 11.9. The monoisotopic (exact) mass is 482 g/mol. The average Bonchev–Trinajstić information content (AvgIpc) is 3.36. The van der Waals surface area contributed by atoms with Crippen LogP contribution >= 0.6 is 0 Å². The van der Waals surface area contributed by atoms with Gasteiger partial charge in [-0.15, -0.1) is 0 Å². The van der Waals surface area contributed by atoms with Crippen LogP contribution < -0.4 is 0 Å². The fourth-order valence-electron chi connectivity index (χ4n) is 11.6. The van der Waals surface area contributed by atoms with Gasteiger partial charge in [-0.05, 0) is 137 Å². The third-order valence-corrected chi connectivity index (χ3v) is 13.9. The molecule has 5 saturated carbocycles. The van der Waals surface area contributed by atoms with Crippen LogP contribution in [0.1, 0.15) is 133 Å². The van der Waals surface area contributed by atoms with Gasteiger partial charge in [0, 0.05) is 12.3 Å². The van der Waals surface area contributed by atoms with Crippen LogP contribution in [0.4, 0.5) is 0 Å². The van der Waals surface area contributed by atoms with Gasteiger partial charge in [0.25, 0.3) is 0 Å². The van der Waals surface area contributed by atoms with E-state index >= 15 is 0 Å². The van der Waals surface area contributed by atoms with Crippen molar-refractivity contribution in [3.8, 4) is 0 Å². The molecule has 5 rings (SSSR count). The summed E-state index contributed by atoms with van der Waals surface area (Å²) in [6.45, 7) is 21.4. The minimum absolute atomic E-state index is 0.0925. The Morgan fingerprint density at radius 2 is 1.49 bits per heavy atom. The highest BCUT2D eigenvalue weighted by atomic mass is 16.5. The molecule has 2 heteroatoms. The smallest absolute Gasteiger partial charge is 0.302 e. The van der Waals surface area contributed by atoms with Gasteiger partial charge in [-0.3, -0.25) is 4.79 Å². The molecule has 0 amide bonds. The van der Waals surface area contributed by atoms with E-state index in [9.17, 15) is 4.79 Å². The molecule has 0 aromatic rings. The number of hydrogen-bond donors (Lipinski definition) is 0. The molecule has 0 unspecified atom stereocenters. The Bertz CT molecular complexity index is 910. The van der Waals surface area contributed by atoms with E-state index in [2.05, 4.69) is 55.4 Å². The largest absolute Gasteiger partial charge is 0.462 e. The lowest BCUT2D eigenvalue weighted by Crippen LogP contribution is -2.58.